The second-order valence-corrected chi connectivity index (χ2v) is 5.87. The molecule has 0 saturated carbocycles. The molecular formula is C16H21NO4. The third-order valence-corrected chi connectivity index (χ3v) is 4.52. The van der Waals surface area contributed by atoms with E-state index in [-0.39, 0.29) is 18.2 Å². The van der Waals surface area contributed by atoms with Crippen LogP contribution in [0.5, 0.6) is 11.5 Å². The second-order valence-electron chi connectivity index (χ2n) is 5.87. The van der Waals surface area contributed by atoms with Gasteiger partial charge in [0.05, 0.1) is 6.04 Å². The summed E-state index contributed by atoms with van der Waals surface area (Å²) in [5.41, 5.74) is 1.11. The van der Waals surface area contributed by atoms with Crippen molar-refractivity contribution in [3.63, 3.8) is 0 Å². The van der Waals surface area contributed by atoms with E-state index in [2.05, 4.69) is 4.90 Å². The number of aliphatic carboxylic acids is 1. The highest BCUT2D eigenvalue weighted by atomic mass is 16.5. The zero-order valence-corrected chi connectivity index (χ0v) is 12.0. The molecule has 0 bridgehead atoms. The molecule has 2 aliphatic heterocycles. The Balaban J connectivity index is 1.77. The zero-order chi connectivity index (χ0) is 14.8. The van der Waals surface area contributed by atoms with Crippen molar-refractivity contribution in [2.24, 2.45) is 0 Å². The SMILES string of the molecule is O=C(O)CCC1CCCCN1C1COc2cc(O)ccc21. The molecule has 1 aromatic carbocycles. The van der Waals surface area contributed by atoms with E-state index in [1.165, 1.54) is 0 Å². The highest BCUT2D eigenvalue weighted by Crippen LogP contribution is 2.41. The van der Waals surface area contributed by atoms with Crippen molar-refractivity contribution in [1.82, 2.24) is 4.90 Å². The minimum atomic E-state index is -0.728. The molecule has 2 unspecified atom stereocenters. The minimum Gasteiger partial charge on any atom is -0.508 e. The molecule has 5 heteroatoms. The summed E-state index contributed by atoms with van der Waals surface area (Å²) in [7, 11) is 0. The molecule has 2 aliphatic rings. The van der Waals surface area contributed by atoms with Crippen LogP contribution in [0.25, 0.3) is 0 Å². The lowest BCUT2D eigenvalue weighted by molar-refractivity contribution is -0.137. The Morgan fingerprint density at radius 3 is 3.05 bits per heavy atom. The van der Waals surface area contributed by atoms with E-state index in [4.69, 9.17) is 9.84 Å². The van der Waals surface area contributed by atoms with Gasteiger partial charge in [0.15, 0.2) is 0 Å². The molecule has 0 amide bonds. The number of rotatable bonds is 4. The van der Waals surface area contributed by atoms with Crippen LogP contribution in [0.4, 0.5) is 0 Å². The fraction of sp³-hybridized carbons (Fsp3) is 0.562. The molecule has 1 aromatic rings. The summed E-state index contributed by atoms with van der Waals surface area (Å²) in [6, 6.07) is 5.76. The summed E-state index contributed by atoms with van der Waals surface area (Å²) in [5, 5.41) is 18.4. The predicted molar refractivity (Wildman–Crippen MR) is 77.6 cm³/mol. The number of hydrogen-bond donors (Lipinski definition) is 2. The topological polar surface area (TPSA) is 70.0 Å². The number of fused-ring (bicyclic) bond motifs is 1. The lowest BCUT2D eigenvalue weighted by atomic mass is 9.94. The molecule has 1 saturated heterocycles. The van der Waals surface area contributed by atoms with Crippen LogP contribution in [0.3, 0.4) is 0 Å². The van der Waals surface area contributed by atoms with Gasteiger partial charge in [-0.05, 0) is 37.9 Å². The smallest absolute Gasteiger partial charge is 0.303 e. The molecule has 2 N–H and O–H groups in total. The van der Waals surface area contributed by atoms with E-state index in [0.29, 0.717) is 19.1 Å². The van der Waals surface area contributed by atoms with Crippen molar-refractivity contribution in [3.05, 3.63) is 23.8 Å². The summed E-state index contributed by atoms with van der Waals surface area (Å²) in [6.07, 6.45) is 4.28. The first-order valence-electron chi connectivity index (χ1n) is 7.58. The van der Waals surface area contributed by atoms with Gasteiger partial charge in [0.1, 0.15) is 18.1 Å². The van der Waals surface area contributed by atoms with Gasteiger partial charge in [-0.15, -0.1) is 0 Å². The number of ether oxygens (including phenoxy) is 1. The van der Waals surface area contributed by atoms with Crippen LogP contribution in [0.1, 0.15) is 43.7 Å². The molecule has 0 aliphatic carbocycles. The number of hydrogen-bond acceptors (Lipinski definition) is 4. The van der Waals surface area contributed by atoms with E-state index >= 15 is 0 Å². The van der Waals surface area contributed by atoms with Gasteiger partial charge >= 0.3 is 5.97 Å². The maximum Gasteiger partial charge on any atom is 0.303 e. The van der Waals surface area contributed by atoms with Gasteiger partial charge in [-0.3, -0.25) is 9.69 Å². The average Bonchev–Trinajstić information content (AvgIpc) is 2.88. The Kier molecular flexibility index (Phi) is 4.01. The molecule has 0 radical (unpaired) electrons. The lowest BCUT2D eigenvalue weighted by Crippen LogP contribution is -2.42. The molecule has 3 rings (SSSR count). The fourth-order valence-electron chi connectivity index (χ4n) is 3.49. The highest BCUT2D eigenvalue weighted by molar-refractivity contribution is 5.66. The van der Waals surface area contributed by atoms with Crippen LogP contribution >= 0.6 is 0 Å². The number of carboxylic acids is 1. The molecule has 0 spiro atoms. The first-order valence-corrected chi connectivity index (χ1v) is 7.58. The molecule has 5 nitrogen and oxygen atoms in total. The van der Waals surface area contributed by atoms with Crippen molar-refractivity contribution >= 4 is 5.97 Å². The van der Waals surface area contributed by atoms with Crippen molar-refractivity contribution in [1.29, 1.82) is 0 Å². The van der Waals surface area contributed by atoms with Gasteiger partial charge in [-0.1, -0.05) is 6.42 Å². The van der Waals surface area contributed by atoms with Gasteiger partial charge in [-0.2, -0.15) is 0 Å². The molecule has 2 heterocycles. The average molecular weight is 291 g/mol. The van der Waals surface area contributed by atoms with Gasteiger partial charge in [0, 0.05) is 24.1 Å². The third kappa shape index (κ3) is 2.97. The number of benzene rings is 1. The van der Waals surface area contributed by atoms with Crippen LogP contribution in [0, 0.1) is 0 Å². The van der Waals surface area contributed by atoms with Crippen LogP contribution in [0.15, 0.2) is 18.2 Å². The summed E-state index contributed by atoms with van der Waals surface area (Å²) in [5.74, 6) is 0.242. The number of phenols is 1. The quantitative estimate of drug-likeness (QED) is 0.892. The first kappa shape index (κ1) is 14.2. The van der Waals surface area contributed by atoms with Gasteiger partial charge in [0.2, 0.25) is 0 Å². The minimum absolute atomic E-state index is 0.180. The number of piperidine rings is 1. The Morgan fingerprint density at radius 2 is 2.24 bits per heavy atom. The third-order valence-electron chi connectivity index (χ3n) is 4.52. The Labute approximate surface area is 124 Å². The maximum absolute atomic E-state index is 10.8. The van der Waals surface area contributed by atoms with Gasteiger partial charge < -0.3 is 14.9 Å². The van der Waals surface area contributed by atoms with Crippen LogP contribution in [0.2, 0.25) is 0 Å². The lowest BCUT2D eigenvalue weighted by Gasteiger charge is -2.39. The maximum atomic E-state index is 10.8. The van der Waals surface area contributed by atoms with Crippen LogP contribution < -0.4 is 4.74 Å². The zero-order valence-electron chi connectivity index (χ0n) is 12.0. The number of likely N-dealkylation sites (tertiary alicyclic amines) is 1. The summed E-state index contributed by atoms with van der Waals surface area (Å²) < 4.78 is 5.70. The van der Waals surface area contributed by atoms with E-state index in [0.717, 1.165) is 37.1 Å². The van der Waals surface area contributed by atoms with E-state index in [1.54, 1.807) is 12.1 Å². The van der Waals surface area contributed by atoms with Crippen molar-refractivity contribution < 1.29 is 19.7 Å². The van der Waals surface area contributed by atoms with Crippen LogP contribution in [-0.4, -0.2) is 40.3 Å². The number of phenolic OH excluding ortho intramolecular Hbond substituents is 1. The second kappa shape index (κ2) is 5.93. The van der Waals surface area contributed by atoms with E-state index in [1.807, 2.05) is 6.07 Å². The fourth-order valence-corrected chi connectivity index (χ4v) is 3.49. The highest BCUT2D eigenvalue weighted by Gasteiger charge is 2.35. The van der Waals surface area contributed by atoms with Crippen molar-refractivity contribution in [2.45, 2.75) is 44.2 Å². The Hall–Kier alpha value is -1.75. The largest absolute Gasteiger partial charge is 0.508 e. The number of nitrogens with zero attached hydrogens (tertiary/aromatic N) is 1. The first-order chi connectivity index (χ1) is 10.1. The predicted octanol–water partition coefficient (Wildman–Crippen LogP) is 2.55. The number of aromatic hydroxyl groups is 1. The summed E-state index contributed by atoms with van der Waals surface area (Å²) in [6.45, 7) is 1.57. The standard InChI is InChI=1S/C16H21NO4/c18-12-5-6-13-14(10-21-15(13)9-12)17-8-2-1-3-11(17)4-7-16(19)20/h5-6,9,11,14,18H,1-4,7-8,10H2,(H,19,20). The molecular weight excluding hydrogens is 270 g/mol. The molecule has 21 heavy (non-hydrogen) atoms. The van der Waals surface area contributed by atoms with Crippen molar-refractivity contribution in [3.8, 4) is 11.5 Å². The molecule has 0 aromatic heterocycles. The van der Waals surface area contributed by atoms with Crippen molar-refractivity contribution in [2.75, 3.05) is 13.2 Å². The number of carboxylic acid groups (broad SMARTS) is 1. The monoisotopic (exact) mass is 291 g/mol. The molecule has 114 valence electrons. The molecule has 2 atom stereocenters. The van der Waals surface area contributed by atoms with Crippen LogP contribution in [-0.2, 0) is 4.79 Å². The Bertz CT molecular complexity index is 531. The Morgan fingerprint density at radius 1 is 1.38 bits per heavy atom. The van der Waals surface area contributed by atoms with Gasteiger partial charge in [0.25, 0.3) is 0 Å². The van der Waals surface area contributed by atoms with E-state index in [9.17, 15) is 9.90 Å². The summed E-state index contributed by atoms with van der Waals surface area (Å²) >= 11 is 0. The molecule has 1 fully saturated rings. The summed E-state index contributed by atoms with van der Waals surface area (Å²) in [4.78, 5) is 13.2. The normalized spacial score (nSPS) is 25.3. The van der Waals surface area contributed by atoms with Gasteiger partial charge in [-0.25, -0.2) is 0 Å². The number of carbonyl (C=O) groups is 1. The van der Waals surface area contributed by atoms with E-state index < -0.39 is 5.97 Å².